The highest BCUT2D eigenvalue weighted by Crippen LogP contribution is 2.67. The molecule has 6 atom stereocenters. The zero-order chi connectivity index (χ0) is 26.1. The lowest BCUT2D eigenvalue weighted by atomic mass is 9.47. The van der Waals surface area contributed by atoms with Crippen molar-refractivity contribution >= 4 is 11.9 Å². The highest BCUT2D eigenvalue weighted by atomic mass is 19.4. The van der Waals surface area contributed by atoms with E-state index in [-0.39, 0.29) is 53.2 Å². The van der Waals surface area contributed by atoms with Crippen LogP contribution in [-0.2, 0) is 9.59 Å². The predicted molar refractivity (Wildman–Crippen MR) is 128 cm³/mol. The van der Waals surface area contributed by atoms with E-state index in [1.807, 2.05) is 11.8 Å². The molecule has 0 saturated heterocycles. The number of alkyl halides is 3. The number of fused-ring (bicyclic) bond motifs is 5. The zero-order valence-electron chi connectivity index (χ0n) is 21.8. The first-order valence-corrected chi connectivity index (χ1v) is 13.2. The third kappa shape index (κ3) is 3.96. The molecule has 1 N–H and O–H groups in total. The quantitative estimate of drug-likeness (QED) is 0.469. The maximum Gasteiger partial charge on any atom is 0.417 e. The topological polar surface area (TPSA) is 57.6 Å². The van der Waals surface area contributed by atoms with E-state index < -0.39 is 28.7 Å². The van der Waals surface area contributed by atoms with E-state index in [4.69, 9.17) is 0 Å². The van der Waals surface area contributed by atoms with Gasteiger partial charge in [-0.05, 0) is 107 Å². The number of carbonyl (C=O) groups excluding carboxylic acids is 1. The Morgan fingerprint density at radius 3 is 2.20 bits per heavy atom. The molecular weight excluding hydrogens is 455 g/mol. The van der Waals surface area contributed by atoms with E-state index in [0.29, 0.717) is 18.8 Å². The van der Waals surface area contributed by atoms with Gasteiger partial charge in [0.05, 0.1) is 5.57 Å². The van der Waals surface area contributed by atoms with Crippen LogP contribution in [0.25, 0.3) is 0 Å². The van der Waals surface area contributed by atoms with Crippen LogP contribution in [0.2, 0.25) is 0 Å². The summed E-state index contributed by atoms with van der Waals surface area (Å²) in [5.74, 6) is -0.684. The number of amides is 1. The largest absolute Gasteiger partial charge is 0.478 e. The minimum absolute atomic E-state index is 0.0490. The SMILES string of the molecule is CC(C)N(C(=O)C1CC[C@H]2[C@@H]3CC=C4C(C(F)(F)F)=C(C(=O)O)CC[C@]4(C)[C@@H]3CC[C@]12C)C(C)C. The smallest absolute Gasteiger partial charge is 0.417 e. The molecule has 35 heavy (non-hydrogen) atoms. The van der Waals surface area contributed by atoms with Crippen molar-refractivity contribution in [3.05, 3.63) is 22.8 Å². The van der Waals surface area contributed by atoms with E-state index in [1.54, 1.807) is 6.08 Å². The molecule has 0 spiro atoms. The van der Waals surface area contributed by atoms with E-state index in [1.165, 1.54) is 0 Å². The third-order valence-electron chi connectivity index (χ3n) is 10.1. The Hall–Kier alpha value is -1.79. The van der Waals surface area contributed by atoms with Crippen LogP contribution in [-0.4, -0.2) is 40.1 Å². The number of hydrogen-bond donors (Lipinski definition) is 1. The lowest BCUT2D eigenvalue weighted by Gasteiger charge is -2.57. The van der Waals surface area contributed by atoms with Crippen LogP contribution in [0.4, 0.5) is 13.2 Å². The number of hydrogen-bond acceptors (Lipinski definition) is 2. The summed E-state index contributed by atoms with van der Waals surface area (Å²) in [6.45, 7) is 12.4. The molecule has 2 saturated carbocycles. The molecule has 0 aromatic rings. The summed E-state index contributed by atoms with van der Waals surface area (Å²) in [6, 6.07) is 0.248. The molecular formula is C28H40F3NO3. The summed E-state index contributed by atoms with van der Waals surface area (Å²) in [4.78, 5) is 27.4. The summed E-state index contributed by atoms with van der Waals surface area (Å²) < 4.78 is 42.4. The number of allylic oxidation sites excluding steroid dienone is 3. The van der Waals surface area contributed by atoms with Crippen molar-refractivity contribution in [2.45, 2.75) is 105 Å². The van der Waals surface area contributed by atoms with Crippen molar-refractivity contribution in [1.29, 1.82) is 0 Å². The number of halogens is 3. The van der Waals surface area contributed by atoms with Crippen LogP contribution >= 0.6 is 0 Å². The molecule has 0 aromatic carbocycles. The average Bonchev–Trinajstić information content (AvgIpc) is 3.08. The fourth-order valence-electron chi connectivity index (χ4n) is 8.70. The summed E-state index contributed by atoms with van der Waals surface area (Å²) in [6.07, 6.45) is 1.32. The Kier molecular flexibility index (Phi) is 6.50. The lowest BCUT2D eigenvalue weighted by molar-refractivity contribution is -0.146. The highest BCUT2D eigenvalue weighted by Gasteiger charge is 2.62. The fraction of sp³-hybridized carbons (Fsp3) is 0.786. The van der Waals surface area contributed by atoms with Gasteiger partial charge in [0.25, 0.3) is 0 Å². The summed E-state index contributed by atoms with van der Waals surface area (Å²) in [5.41, 5.74) is -2.03. The standard InChI is InChI=1S/C28H40F3NO3/c1-15(2)32(16(3)4)24(33)22-10-9-19-17-7-8-21-23(28(29,30)31)18(25(34)35)11-13-26(21,5)20(17)12-14-27(19,22)6/h8,15-17,19-20,22H,7,9-14H2,1-6H3,(H,34,35)/t17-,19-,20+,22?,26+,27-/m0/s1. The number of carboxylic acids is 1. The molecule has 4 aliphatic rings. The summed E-state index contributed by atoms with van der Waals surface area (Å²) in [7, 11) is 0. The third-order valence-corrected chi connectivity index (χ3v) is 10.1. The molecule has 4 nitrogen and oxygen atoms in total. The maximum absolute atomic E-state index is 14.1. The van der Waals surface area contributed by atoms with Gasteiger partial charge in [-0.2, -0.15) is 13.2 Å². The highest BCUT2D eigenvalue weighted by molar-refractivity contribution is 5.89. The molecule has 0 heterocycles. The van der Waals surface area contributed by atoms with Gasteiger partial charge >= 0.3 is 12.1 Å². The van der Waals surface area contributed by atoms with Gasteiger partial charge in [0, 0.05) is 23.6 Å². The zero-order valence-corrected chi connectivity index (χ0v) is 21.8. The molecule has 1 amide bonds. The molecule has 0 bridgehead atoms. The second-order valence-corrected chi connectivity index (χ2v) is 12.4. The number of carboxylic acid groups (broad SMARTS) is 1. The van der Waals surface area contributed by atoms with Gasteiger partial charge < -0.3 is 10.0 Å². The Morgan fingerprint density at radius 2 is 1.66 bits per heavy atom. The van der Waals surface area contributed by atoms with E-state index in [0.717, 1.165) is 25.7 Å². The monoisotopic (exact) mass is 495 g/mol. The second kappa shape index (κ2) is 8.65. The summed E-state index contributed by atoms with van der Waals surface area (Å²) in [5, 5.41) is 9.52. The molecule has 0 aliphatic heterocycles. The Morgan fingerprint density at radius 1 is 1.03 bits per heavy atom. The Balaban J connectivity index is 1.69. The fourth-order valence-corrected chi connectivity index (χ4v) is 8.70. The lowest BCUT2D eigenvalue weighted by Crippen LogP contribution is -2.53. The van der Waals surface area contributed by atoms with Crippen molar-refractivity contribution in [3.8, 4) is 0 Å². The van der Waals surface area contributed by atoms with Crippen LogP contribution in [0.3, 0.4) is 0 Å². The number of carbonyl (C=O) groups is 2. The average molecular weight is 496 g/mol. The number of nitrogens with zero attached hydrogens (tertiary/aromatic N) is 1. The molecule has 1 unspecified atom stereocenters. The van der Waals surface area contributed by atoms with E-state index >= 15 is 0 Å². The molecule has 4 aliphatic carbocycles. The van der Waals surface area contributed by atoms with Gasteiger partial charge in [-0.1, -0.05) is 19.9 Å². The normalized spacial score (nSPS) is 37.1. The van der Waals surface area contributed by atoms with Gasteiger partial charge in [0.15, 0.2) is 0 Å². The summed E-state index contributed by atoms with van der Waals surface area (Å²) >= 11 is 0. The van der Waals surface area contributed by atoms with Crippen LogP contribution < -0.4 is 0 Å². The Bertz CT molecular complexity index is 957. The molecule has 0 aromatic heterocycles. The Labute approximate surface area is 207 Å². The van der Waals surface area contributed by atoms with Gasteiger partial charge in [0.1, 0.15) is 0 Å². The van der Waals surface area contributed by atoms with Crippen molar-refractivity contribution in [2.75, 3.05) is 0 Å². The second-order valence-electron chi connectivity index (χ2n) is 12.4. The molecule has 196 valence electrons. The molecule has 7 heteroatoms. The molecule has 2 fully saturated rings. The van der Waals surface area contributed by atoms with Crippen LogP contribution in [0.1, 0.15) is 86.5 Å². The minimum atomic E-state index is -4.68. The van der Waals surface area contributed by atoms with Gasteiger partial charge in [-0.15, -0.1) is 0 Å². The van der Waals surface area contributed by atoms with Crippen molar-refractivity contribution < 1.29 is 27.9 Å². The van der Waals surface area contributed by atoms with Crippen LogP contribution in [0.5, 0.6) is 0 Å². The first-order chi connectivity index (χ1) is 16.1. The van der Waals surface area contributed by atoms with Crippen molar-refractivity contribution in [2.24, 2.45) is 34.5 Å². The first kappa shape index (κ1) is 26.3. The number of rotatable bonds is 4. The number of aliphatic carboxylic acids is 1. The minimum Gasteiger partial charge on any atom is -0.478 e. The molecule has 0 radical (unpaired) electrons. The van der Waals surface area contributed by atoms with E-state index in [9.17, 15) is 27.9 Å². The van der Waals surface area contributed by atoms with Crippen LogP contribution in [0, 0.1) is 34.5 Å². The van der Waals surface area contributed by atoms with Gasteiger partial charge in [-0.25, -0.2) is 4.79 Å². The van der Waals surface area contributed by atoms with Crippen molar-refractivity contribution in [3.63, 3.8) is 0 Å². The predicted octanol–water partition coefficient (Wildman–Crippen LogP) is 6.76. The first-order valence-electron chi connectivity index (χ1n) is 13.2. The van der Waals surface area contributed by atoms with Gasteiger partial charge in [-0.3, -0.25) is 4.79 Å². The maximum atomic E-state index is 14.1. The van der Waals surface area contributed by atoms with E-state index in [2.05, 4.69) is 34.6 Å². The molecule has 4 rings (SSSR count). The van der Waals surface area contributed by atoms with Gasteiger partial charge in [0.2, 0.25) is 5.91 Å². The van der Waals surface area contributed by atoms with Crippen molar-refractivity contribution in [1.82, 2.24) is 4.90 Å². The van der Waals surface area contributed by atoms with Crippen LogP contribution in [0.15, 0.2) is 22.8 Å².